The van der Waals surface area contributed by atoms with E-state index in [1.54, 1.807) is 28.0 Å². The summed E-state index contributed by atoms with van der Waals surface area (Å²) in [4.78, 5) is 28.8. The van der Waals surface area contributed by atoms with Gasteiger partial charge in [0.25, 0.3) is 5.91 Å². The van der Waals surface area contributed by atoms with Gasteiger partial charge in [-0.25, -0.2) is 4.39 Å². The molecule has 0 bridgehead atoms. The van der Waals surface area contributed by atoms with E-state index in [4.69, 9.17) is 0 Å². The molecule has 0 spiro atoms. The summed E-state index contributed by atoms with van der Waals surface area (Å²) < 4.78 is 13.7. The van der Waals surface area contributed by atoms with Crippen molar-refractivity contribution >= 4 is 29.9 Å². The normalized spacial score (nSPS) is 19.5. The number of carbonyl (C=O) groups excluding carboxylic acids is 2. The van der Waals surface area contributed by atoms with Crippen molar-refractivity contribution in [3.63, 3.8) is 0 Å². The van der Waals surface area contributed by atoms with Crippen LogP contribution in [0.2, 0.25) is 0 Å². The zero-order chi connectivity index (χ0) is 18.8. The highest BCUT2D eigenvalue weighted by molar-refractivity contribution is 5.99. The number of benzene rings is 2. The Morgan fingerprint density at radius 3 is 2.68 bits per heavy atom. The third-order valence-electron chi connectivity index (χ3n) is 5.22. The van der Waals surface area contributed by atoms with Gasteiger partial charge in [-0.1, -0.05) is 18.2 Å². The fourth-order valence-electron chi connectivity index (χ4n) is 3.85. The maximum absolute atomic E-state index is 13.7. The summed E-state index contributed by atoms with van der Waals surface area (Å²) in [5, 5.41) is 3.28. The maximum atomic E-state index is 13.7. The standard InChI is InChI=1S/C21H22FN3O2.ClH/c22-17-6-1-4-15(12-17)19-14-23-9-11-25(19)21(27)16-5-2-7-18(13-16)24-10-3-8-20(24)26;/h1-2,4-7,12-13,19,23H,3,8-11,14H2;1H. The lowest BCUT2D eigenvalue weighted by atomic mass is 10.0. The molecule has 148 valence electrons. The molecule has 4 rings (SSSR count). The van der Waals surface area contributed by atoms with Crippen LogP contribution in [0.4, 0.5) is 10.1 Å². The summed E-state index contributed by atoms with van der Waals surface area (Å²) in [5.74, 6) is -0.307. The molecule has 0 aliphatic carbocycles. The molecule has 0 saturated carbocycles. The highest BCUT2D eigenvalue weighted by atomic mass is 35.5. The Labute approximate surface area is 169 Å². The molecule has 2 aromatic carbocycles. The van der Waals surface area contributed by atoms with Gasteiger partial charge in [0.05, 0.1) is 6.04 Å². The Bertz CT molecular complexity index is 876. The first-order valence-corrected chi connectivity index (χ1v) is 9.31. The largest absolute Gasteiger partial charge is 0.329 e. The van der Waals surface area contributed by atoms with Crippen molar-refractivity contribution in [2.45, 2.75) is 18.9 Å². The Hall–Kier alpha value is -2.44. The van der Waals surface area contributed by atoms with Crippen LogP contribution in [0.3, 0.4) is 0 Å². The Morgan fingerprint density at radius 2 is 1.93 bits per heavy atom. The summed E-state index contributed by atoms with van der Waals surface area (Å²) in [6.45, 7) is 2.52. The lowest BCUT2D eigenvalue weighted by Crippen LogP contribution is -2.48. The van der Waals surface area contributed by atoms with Gasteiger partial charge in [-0.2, -0.15) is 0 Å². The highest BCUT2D eigenvalue weighted by Gasteiger charge is 2.29. The third kappa shape index (κ3) is 4.03. The molecule has 0 radical (unpaired) electrons. The number of halogens is 2. The number of rotatable bonds is 3. The summed E-state index contributed by atoms with van der Waals surface area (Å²) >= 11 is 0. The highest BCUT2D eigenvalue weighted by Crippen LogP contribution is 2.27. The number of nitrogens with one attached hydrogen (secondary N) is 1. The molecule has 1 atom stereocenters. The number of nitrogens with zero attached hydrogens (tertiary/aromatic N) is 2. The van der Waals surface area contributed by atoms with E-state index in [1.165, 1.54) is 12.1 Å². The molecule has 2 amide bonds. The van der Waals surface area contributed by atoms with Crippen molar-refractivity contribution in [1.29, 1.82) is 0 Å². The first-order chi connectivity index (χ1) is 13.1. The van der Waals surface area contributed by atoms with E-state index < -0.39 is 0 Å². The number of anilines is 1. The van der Waals surface area contributed by atoms with Gasteiger partial charge in [-0.3, -0.25) is 9.59 Å². The quantitative estimate of drug-likeness (QED) is 0.856. The zero-order valence-corrected chi connectivity index (χ0v) is 16.3. The summed E-state index contributed by atoms with van der Waals surface area (Å²) in [5.41, 5.74) is 2.10. The SMILES string of the molecule is Cl.O=C1CCCN1c1cccc(C(=O)N2CCNCC2c2cccc(F)c2)c1. The molecule has 0 aromatic heterocycles. The Kier molecular flexibility index (Phi) is 6.31. The predicted octanol–water partition coefficient (Wildman–Crippen LogP) is 3.16. The van der Waals surface area contributed by atoms with E-state index >= 15 is 0 Å². The number of amides is 2. The van der Waals surface area contributed by atoms with E-state index in [9.17, 15) is 14.0 Å². The zero-order valence-electron chi connectivity index (χ0n) is 15.4. The van der Waals surface area contributed by atoms with Crippen LogP contribution < -0.4 is 10.2 Å². The second-order valence-electron chi connectivity index (χ2n) is 6.97. The summed E-state index contributed by atoms with van der Waals surface area (Å²) in [6.07, 6.45) is 1.40. The monoisotopic (exact) mass is 403 g/mol. The van der Waals surface area contributed by atoms with Crippen LogP contribution in [0, 0.1) is 5.82 Å². The van der Waals surface area contributed by atoms with Gasteiger partial charge < -0.3 is 15.1 Å². The van der Waals surface area contributed by atoms with Gasteiger partial charge in [0, 0.05) is 43.9 Å². The first kappa shape index (κ1) is 20.3. The number of carbonyl (C=O) groups is 2. The van der Waals surface area contributed by atoms with Gasteiger partial charge in [-0.05, 0) is 42.3 Å². The molecule has 2 heterocycles. The van der Waals surface area contributed by atoms with Gasteiger partial charge >= 0.3 is 0 Å². The Balaban J connectivity index is 0.00000225. The average Bonchev–Trinajstić information content (AvgIpc) is 3.13. The van der Waals surface area contributed by atoms with Gasteiger partial charge in [0.2, 0.25) is 5.91 Å². The maximum Gasteiger partial charge on any atom is 0.254 e. The molecule has 5 nitrogen and oxygen atoms in total. The van der Waals surface area contributed by atoms with E-state index in [2.05, 4.69) is 5.32 Å². The molecule has 1 N–H and O–H groups in total. The van der Waals surface area contributed by atoms with Crippen LogP contribution in [-0.4, -0.2) is 42.9 Å². The van der Waals surface area contributed by atoms with Crippen molar-refractivity contribution < 1.29 is 14.0 Å². The first-order valence-electron chi connectivity index (χ1n) is 9.31. The molecule has 2 saturated heterocycles. The molecule has 1 unspecified atom stereocenters. The Morgan fingerprint density at radius 1 is 1.11 bits per heavy atom. The molecule has 7 heteroatoms. The second kappa shape index (κ2) is 8.71. The lowest BCUT2D eigenvalue weighted by Gasteiger charge is -2.36. The van der Waals surface area contributed by atoms with E-state index in [0.29, 0.717) is 38.2 Å². The summed E-state index contributed by atoms with van der Waals surface area (Å²) in [7, 11) is 0. The van der Waals surface area contributed by atoms with Crippen molar-refractivity contribution in [2.75, 3.05) is 31.1 Å². The van der Waals surface area contributed by atoms with Crippen LogP contribution >= 0.6 is 12.4 Å². The smallest absolute Gasteiger partial charge is 0.254 e. The van der Waals surface area contributed by atoms with Crippen molar-refractivity contribution in [2.24, 2.45) is 0 Å². The van der Waals surface area contributed by atoms with E-state index in [0.717, 1.165) is 17.7 Å². The molecule has 2 aromatic rings. The minimum atomic E-state index is -0.306. The number of piperazine rings is 1. The fourth-order valence-corrected chi connectivity index (χ4v) is 3.85. The average molecular weight is 404 g/mol. The number of hydrogen-bond donors (Lipinski definition) is 1. The minimum absolute atomic E-state index is 0. The summed E-state index contributed by atoms with van der Waals surface area (Å²) in [6, 6.07) is 13.4. The van der Waals surface area contributed by atoms with Crippen LogP contribution in [0.1, 0.15) is 34.8 Å². The van der Waals surface area contributed by atoms with Crippen molar-refractivity contribution in [3.05, 3.63) is 65.5 Å². The van der Waals surface area contributed by atoms with Gasteiger partial charge in [0.1, 0.15) is 5.82 Å². The number of hydrogen-bond acceptors (Lipinski definition) is 3. The third-order valence-corrected chi connectivity index (χ3v) is 5.22. The lowest BCUT2D eigenvalue weighted by molar-refractivity contribution is -0.117. The molecule has 2 fully saturated rings. The van der Waals surface area contributed by atoms with Crippen LogP contribution in [0.5, 0.6) is 0 Å². The van der Waals surface area contributed by atoms with Crippen molar-refractivity contribution in [3.8, 4) is 0 Å². The predicted molar refractivity (Wildman–Crippen MR) is 108 cm³/mol. The van der Waals surface area contributed by atoms with Crippen LogP contribution in [-0.2, 0) is 4.79 Å². The van der Waals surface area contributed by atoms with Gasteiger partial charge in [-0.15, -0.1) is 12.4 Å². The molecule has 2 aliphatic rings. The van der Waals surface area contributed by atoms with Crippen LogP contribution in [0.25, 0.3) is 0 Å². The second-order valence-corrected chi connectivity index (χ2v) is 6.97. The molecule has 28 heavy (non-hydrogen) atoms. The van der Waals surface area contributed by atoms with E-state index in [1.807, 2.05) is 18.2 Å². The molecular weight excluding hydrogens is 381 g/mol. The van der Waals surface area contributed by atoms with Gasteiger partial charge in [0.15, 0.2) is 0 Å². The molecular formula is C21H23ClFN3O2. The topological polar surface area (TPSA) is 52.7 Å². The van der Waals surface area contributed by atoms with Crippen LogP contribution in [0.15, 0.2) is 48.5 Å². The fraction of sp³-hybridized carbons (Fsp3) is 0.333. The molecule has 2 aliphatic heterocycles. The van der Waals surface area contributed by atoms with E-state index in [-0.39, 0.29) is 36.1 Å². The van der Waals surface area contributed by atoms with Crippen molar-refractivity contribution in [1.82, 2.24) is 10.2 Å². The minimum Gasteiger partial charge on any atom is -0.329 e.